The lowest BCUT2D eigenvalue weighted by molar-refractivity contribution is 0.0553. The van der Waals surface area contributed by atoms with Crippen molar-refractivity contribution in [3.63, 3.8) is 0 Å². The molecular formula is C15H30N2. The molecule has 2 fully saturated rings. The van der Waals surface area contributed by atoms with Crippen molar-refractivity contribution in [2.75, 3.05) is 0 Å². The van der Waals surface area contributed by atoms with Crippen LogP contribution in [0.5, 0.6) is 0 Å². The molecule has 0 aromatic heterocycles. The molecule has 0 spiro atoms. The monoisotopic (exact) mass is 238 g/mol. The van der Waals surface area contributed by atoms with Crippen LogP contribution in [0.3, 0.4) is 0 Å². The topological polar surface area (TPSA) is 52.0 Å². The highest BCUT2D eigenvalue weighted by atomic mass is 15.0. The molecular weight excluding hydrogens is 208 g/mol. The van der Waals surface area contributed by atoms with Gasteiger partial charge in [-0.3, -0.25) is 0 Å². The highest BCUT2D eigenvalue weighted by Crippen LogP contribution is 2.45. The Labute approximate surface area is 107 Å². The number of nitrogens with two attached hydrogens (primary N) is 2. The van der Waals surface area contributed by atoms with Gasteiger partial charge in [-0.2, -0.15) is 0 Å². The van der Waals surface area contributed by atoms with E-state index in [0.29, 0.717) is 0 Å². The maximum atomic E-state index is 6.23. The van der Waals surface area contributed by atoms with E-state index in [1.807, 2.05) is 0 Å². The Morgan fingerprint density at radius 1 is 0.941 bits per heavy atom. The molecule has 0 amide bonds. The van der Waals surface area contributed by atoms with Gasteiger partial charge in [0.05, 0.1) is 5.66 Å². The minimum absolute atomic E-state index is 0.102. The molecule has 0 aromatic rings. The van der Waals surface area contributed by atoms with Crippen LogP contribution in [-0.4, -0.2) is 5.66 Å². The summed E-state index contributed by atoms with van der Waals surface area (Å²) < 4.78 is 0. The van der Waals surface area contributed by atoms with E-state index >= 15 is 0 Å². The van der Waals surface area contributed by atoms with E-state index in [0.717, 1.165) is 18.3 Å². The highest BCUT2D eigenvalue weighted by molar-refractivity contribution is 4.98. The van der Waals surface area contributed by atoms with Gasteiger partial charge in [0.1, 0.15) is 0 Å². The van der Waals surface area contributed by atoms with Gasteiger partial charge >= 0.3 is 0 Å². The van der Waals surface area contributed by atoms with Gasteiger partial charge in [-0.25, -0.2) is 0 Å². The zero-order chi connectivity index (χ0) is 12.5. The summed E-state index contributed by atoms with van der Waals surface area (Å²) in [5.41, 5.74) is 12.1. The molecule has 2 aliphatic carbocycles. The quantitative estimate of drug-likeness (QED) is 0.724. The van der Waals surface area contributed by atoms with Gasteiger partial charge in [0.2, 0.25) is 0 Å². The Balaban J connectivity index is 1.87. The number of hydrogen-bond acceptors (Lipinski definition) is 2. The van der Waals surface area contributed by atoms with Gasteiger partial charge in [0.25, 0.3) is 0 Å². The van der Waals surface area contributed by atoms with Crippen LogP contribution in [0.15, 0.2) is 0 Å². The molecule has 2 rings (SSSR count). The van der Waals surface area contributed by atoms with Crippen LogP contribution in [0.1, 0.15) is 71.6 Å². The molecule has 2 saturated carbocycles. The number of hydrogen-bond donors (Lipinski definition) is 2. The predicted octanol–water partition coefficient (Wildman–Crippen LogP) is 3.40. The van der Waals surface area contributed by atoms with Crippen LogP contribution >= 0.6 is 0 Å². The Morgan fingerprint density at radius 3 is 2.18 bits per heavy atom. The van der Waals surface area contributed by atoms with E-state index in [4.69, 9.17) is 11.5 Å². The van der Waals surface area contributed by atoms with Crippen molar-refractivity contribution in [1.82, 2.24) is 0 Å². The lowest BCUT2D eigenvalue weighted by Gasteiger charge is -2.48. The van der Waals surface area contributed by atoms with Gasteiger partial charge in [0, 0.05) is 0 Å². The molecule has 0 aliphatic heterocycles. The van der Waals surface area contributed by atoms with Gasteiger partial charge in [0.15, 0.2) is 0 Å². The molecule has 100 valence electrons. The predicted molar refractivity (Wildman–Crippen MR) is 73.4 cm³/mol. The van der Waals surface area contributed by atoms with Crippen molar-refractivity contribution in [3.05, 3.63) is 0 Å². The minimum atomic E-state index is -0.448. The van der Waals surface area contributed by atoms with Gasteiger partial charge in [-0.1, -0.05) is 46.0 Å². The summed E-state index contributed by atoms with van der Waals surface area (Å²) in [6.07, 6.45) is 12.2. The highest BCUT2D eigenvalue weighted by Gasteiger charge is 2.44. The van der Waals surface area contributed by atoms with Gasteiger partial charge in [-0.05, 0) is 42.9 Å². The normalized spacial score (nSPS) is 33.5. The Bertz CT molecular complexity index is 252. The zero-order valence-corrected chi connectivity index (χ0v) is 11.7. The lowest BCUT2D eigenvalue weighted by Crippen LogP contribution is -2.62. The summed E-state index contributed by atoms with van der Waals surface area (Å²) in [6.45, 7) is 4.50. The molecule has 1 atom stereocenters. The fourth-order valence-corrected chi connectivity index (χ4v) is 3.89. The van der Waals surface area contributed by atoms with Crippen LogP contribution in [0.2, 0.25) is 0 Å². The van der Waals surface area contributed by atoms with Crippen LogP contribution in [0.25, 0.3) is 0 Å². The first-order valence-electron chi connectivity index (χ1n) is 7.48. The summed E-state index contributed by atoms with van der Waals surface area (Å²) in [5, 5.41) is 0. The lowest BCUT2D eigenvalue weighted by atomic mass is 9.63. The number of rotatable bonds is 2. The van der Waals surface area contributed by atoms with E-state index in [1.54, 1.807) is 0 Å². The Kier molecular flexibility index (Phi) is 3.84. The molecule has 0 bridgehead atoms. The molecule has 2 heteroatoms. The molecule has 0 heterocycles. The van der Waals surface area contributed by atoms with E-state index in [-0.39, 0.29) is 5.41 Å². The molecule has 1 unspecified atom stereocenters. The van der Waals surface area contributed by atoms with Crippen molar-refractivity contribution in [3.8, 4) is 0 Å². The molecule has 2 nitrogen and oxygen atoms in total. The third-order valence-corrected chi connectivity index (χ3v) is 5.42. The second-order valence-electron chi connectivity index (χ2n) is 7.27. The molecule has 0 aromatic carbocycles. The fourth-order valence-electron chi connectivity index (χ4n) is 3.89. The second kappa shape index (κ2) is 4.89. The van der Waals surface area contributed by atoms with Crippen molar-refractivity contribution < 1.29 is 0 Å². The van der Waals surface area contributed by atoms with Crippen molar-refractivity contribution in [1.29, 1.82) is 0 Å². The first-order chi connectivity index (χ1) is 7.91. The fraction of sp³-hybridized carbons (Fsp3) is 1.00. The molecule has 2 aliphatic rings. The first kappa shape index (κ1) is 13.4. The maximum Gasteiger partial charge on any atom is 0.0689 e. The summed E-state index contributed by atoms with van der Waals surface area (Å²) >= 11 is 0. The van der Waals surface area contributed by atoms with Crippen molar-refractivity contribution >= 4 is 0 Å². The third-order valence-electron chi connectivity index (χ3n) is 5.42. The summed E-state index contributed by atoms with van der Waals surface area (Å²) in [6, 6.07) is 0. The molecule has 0 saturated heterocycles. The van der Waals surface area contributed by atoms with Crippen LogP contribution in [-0.2, 0) is 0 Å². The first-order valence-corrected chi connectivity index (χ1v) is 7.48. The van der Waals surface area contributed by atoms with Crippen molar-refractivity contribution in [2.24, 2.45) is 28.7 Å². The van der Waals surface area contributed by atoms with Gasteiger partial charge < -0.3 is 11.5 Å². The van der Waals surface area contributed by atoms with E-state index in [9.17, 15) is 0 Å². The summed E-state index contributed by atoms with van der Waals surface area (Å²) in [4.78, 5) is 0. The zero-order valence-electron chi connectivity index (χ0n) is 11.7. The second-order valence-corrected chi connectivity index (χ2v) is 7.27. The van der Waals surface area contributed by atoms with E-state index in [1.165, 1.54) is 51.4 Å². The average molecular weight is 238 g/mol. The maximum absolute atomic E-state index is 6.23. The summed E-state index contributed by atoms with van der Waals surface area (Å²) in [5.74, 6) is 1.86. The Morgan fingerprint density at radius 2 is 1.59 bits per heavy atom. The average Bonchev–Trinajstić information content (AvgIpc) is 2.25. The van der Waals surface area contributed by atoms with Crippen LogP contribution in [0.4, 0.5) is 0 Å². The largest absolute Gasteiger partial charge is 0.313 e. The van der Waals surface area contributed by atoms with Crippen LogP contribution in [0, 0.1) is 17.3 Å². The van der Waals surface area contributed by atoms with E-state index in [2.05, 4.69) is 13.8 Å². The van der Waals surface area contributed by atoms with Gasteiger partial charge in [-0.15, -0.1) is 0 Å². The van der Waals surface area contributed by atoms with E-state index < -0.39 is 5.66 Å². The third kappa shape index (κ3) is 3.03. The molecule has 0 radical (unpaired) electrons. The SMILES string of the molecule is CC1(C)CC(CC2CCCCC2)CCC1(N)N. The molecule has 4 N–H and O–H groups in total. The Hall–Kier alpha value is -0.0800. The van der Waals surface area contributed by atoms with Crippen molar-refractivity contribution in [2.45, 2.75) is 77.3 Å². The molecule has 17 heavy (non-hydrogen) atoms. The minimum Gasteiger partial charge on any atom is -0.313 e. The summed E-state index contributed by atoms with van der Waals surface area (Å²) in [7, 11) is 0. The smallest absolute Gasteiger partial charge is 0.0689 e. The standard InChI is InChI=1S/C15H30N2/c1-14(2)11-13(8-9-15(14,16)17)10-12-6-4-3-5-7-12/h12-13H,3-11,16-17H2,1-2H3. The van der Waals surface area contributed by atoms with Crippen LogP contribution < -0.4 is 11.5 Å².